The molecule has 2 aromatic carbocycles. The number of hydrogen-bond donors (Lipinski definition) is 2. The molecule has 2 aromatic heterocycles. The standard InChI is InChI=1S/C20H16FN5O2/c1-12-10-17(27)19(25-26(12)16-9-5-2-6-13(16)21)20(28)22-11-18-23-14-7-3-4-8-15(14)24-18/h2-10H,11H2,1H3,(H,22,28)(H,23,24). The van der Waals surface area contributed by atoms with Gasteiger partial charge >= 0.3 is 0 Å². The molecule has 0 fully saturated rings. The molecule has 7 nitrogen and oxygen atoms in total. The van der Waals surface area contributed by atoms with Crippen molar-refractivity contribution >= 4 is 16.9 Å². The van der Waals surface area contributed by atoms with Crippen LogP contribution in [-0.2, 0) is 6.54 Å². The zero-order valence-corrected chi connectivity index (χ0v) is 14.9. The third kappa shape index (κ3) is 3.27. The number of imidazole rings is 1. The van der Waals surface area contributed by atoms with E-state index < -0.39 is 17.2 Å². The Bertz CT molecular complexity index is 1210. The molecule has 140 valence electrons. The van der Waals surface area contributed by atoms with Gasteiger partial charge in [-0.25, -0.2) is 14.1 Å². The van der Waals surface area contributed by atoms with Crippen LogP contribution in [0.4, 0.5) is 4.39 Å². The van der Waals surface area contributed by atoms with Crippen molar-refractivity contribution in [3.63, 3.8) is 0 Å². The summed E-state index contributed by atoms with van der Waals surface area (Å²) in [6.45, 7) is 1.72. The Labute approximate surface area is 158 Å². The Morgan fingerprint density at radius 1 is 1.18 bits per heavy atom. The molecule has 0 aliphatic heterocycles. The molecule has 0 atom stereocenters. The molecule has 2 N–H and O–H groups in total. The van der Waals surface area contributed by atoms with Gasteiger partial charge in [0.05, 0.1) is 17.6 Å². The summed E-state index contributed by atoms with van der Waals surface area (Å²) in [4.78, 5) is 32.2. The molecule has 8 heteroatoms. The summed E-state index contributed by atoms with van der Waals surface area (Å²) >= 11 is 0. The second kappa shape index (κ2) is 7.07. The van der Waals surface area contributed by atoms with Crippen molar-refractivity contribution in [1.82, 2.24) is 25.1 Å². The first-order valence-corrected chi connectivity index (χ1v) is 8.60. The topological polar surface area (TPSA) is 92.7 Å². The Kier molecular flexibility index (Phi) is 4.44. The fourth-order valence-electron chi connectivity index (χ4n) is 2.91. The number of para-hydroxylation sites is 3. The van der Waals surface area contributed by atoms with Gasteiger partial charge in [0, 0.05) is 11.8 Å². The van der Waals surface area contributed by atoms with Gasteiger partial charge in [-0.05, 0) is 31.2 Å². The van der Waals surface area contributed by atoms with Crippen LogP contribution < -0.4 is 10.7 Å². The third-order valence-electron chi connectivity index (χ3n) is 4.26. The van der Waals surface area contributed by atoms with Crippen LogP contribution in [0, 0.1) is 12.7 Å². The van der Waals surface area contributed by atoms with E-state index >= 15 is 0 Å². The number of carbonyl (C=O) groups is 1. The van der Waals surface area contributed by atoms with Crippen LogP contribution in [0.15, 0.2) is 59.4 Å². The summed E-state index contributed by atoms with van der Waals surface area (Å²) in [5.41, 5.74) is 1.36. The van der Waals surface area contributed by atoms with Crippen molar-refractivity contribution in [3.8, 4) is 5.69 Å². The van der Waals surface area contributed by atoms with Crippen LogP contribution in [-0.4, -0.2) is 25.7 Å². The van der Waals surface area contributed by atoms with Gasteiger partial charge in [-0.15, -0.1) is 0 Å². The van der Waals surface area contributed by atoms with E-state index in [9.17, 15) is 14.0 Å². The SMILES string of the molecule is Cc1cc(=O)c(C(=O)NCc2nc3ccccc3[nH]2)nn1-c1ccccc1F. The molecule has 0 aliphatic rings. The predicted octanol–water partition coefficient (Wildman–Crippen LogP) is 2.49. The molecule has 4 rings (SSSR count). The van der Waals surface area contributed by atoms with Crippen LogP contribution >= 0.6 is 0 Å². The highest BCUT2D eigenvalue weighted by molar-refractivity contribution is 5.92. The van der Waals surface area contributed by atoms with E-state index in [-0.39, 0.29) is 17.9 Å². The zero-order chi connectivity index (χ0) is 19.7. The number of amides is 1. The van der Waals surface area contributed by atoms with Gasteiger partial charge < -0.3 is 10.3 Å². The van der Waals surface area contributed by atoms with Crippen LogP contribution in [0.2, 0.25) is 0 Å². The van der Waals surface area contributed by atoms with Gasteiger partial charge in [-0.1, -0.05) is 24.3 Å². The van der Waals surface area contributed by atoms with E-state index in [1.54, 1.807) is 19.1 Å². The van der Waals surface area contributed by atoms with Crippen molar-refractivity contribution in [2.75, 3.05) is 0 Å². The number of aromatic amines is 1. The highest BCUT2D eigenvalue weighted by atomic mass is 19.1. The summed E-state index contributed by atoms with van der Waals surface area (Å²) in [5, 5.41) is 6.71. The predicted molar refractivity (Wildman–Crippen MR) is 102 cm³/mol. The lowest BCUT2D eigenvalue weighted by Gasteiger charge is -2.11. The highest BCUT2D eigenvalue weighted by Crippen LogP contribution is 2.13. The monoisotopic (exact) mass is 377 g/mol. The molecule has 1 amide bonds. The van der Waals surface area contributed by atoms with Gasteiger partial charge in [0.25, 0.3) is 5.91 Å². The highest BCUT2D eigenvalue weighted by Gasteiger charge is 2.17. The van der Waals surface area contributed by atoms with Crippen molar-refractivity contribution < 1.29 is 9.18 Å². The first-order valence-electron chi connectivity index (χ1n) is 8.60. The third-order valence-corrected chi connectivity index (χ3v) is 4.26. The molecule has 4 aromatic rings. The lowest BCUT2D eigenvalue weighted by Crippen LogP contribution is -2.32. The Morgan fingerprint density at radius 2 is 1.93 bits per heavy atom. The normalized spacial score (nSPS) is 10.9. The zero-order valence-electron chi connectivity index (χ0n) is 14.9. The van der Waals surface area contributed by atoms with E-state index in [4.69, 9.17) is 0 Å². The van der Waals surface area contributed by atoms with Gasteiger partial charge in [0.15, 0.2) is 5.69 Å². The van der Waals surface area contributed by atoms with Gasteiger partial charge in [-0.2, -0.15) is 5.10 Å². The number of H-pyrrole nitrogens is 1. The minimum atomic E-state index is -0.657. The molecule has 0 unspecified atom stereocenters. The van der Waals surface area contributed by atoms with Gasteiger partial charge in [0.1, 0.15) is 17.3 Å². The van der Waals surface area contributed by atoms with Gasteiger partial charge in [-0.3, -0.25) is 9.59 Å². The van der Waals surface area contributed by atoms with E-state index in [1.165, 1.54) is 22.9 Å². The number of carbonyl (C=O) groups excluding carboxylic acids is 1. The lowest BCUT2D eigenvalue weighted by atomic mass is 10.2. The average molecular weight is 377 g/mol. The quantitative estimate of drug-likeness (QED) is 0.571. The Hall–Kier alpha value is -3.81. The molecular formula is C20H16FN5O2. The average Bonchev–Trinajstić information content (AvgIpc) is 3.10. The van der Waals surface area contributed by atoms with Crippen LogP contribution in [0.25, 0.3) is 16.7 Å². The van der Waals surface area contributed by atoms with Crippen molar-refractivity contribution in [3.05, 3.63) is 87.9 Å². The first kappa shape index (κ1) is 17.6. The second-order valence-corrected chi connectivity index (χ2v) is 6.25. The van der Waals surface area contributed by atoms with Crippen LogP contribution in [0.1, 0.15) is 22.0 Å². The molecule has 0 spiro atoms. The minimum absolute atomic E-state index is 0.0994. The van der Waals surface area contributed by atoms with Crippen molar-refractivity contribution in [2.45, 2.75) is 13.5 Å². The maximum atomic E-state index is 14.1. The van der Waals surface area contributed by atoms with E-state index in [0.29, 0.717) is 11.5 Å². The second-order valence-electron chi connectivity index (χ2n) is 6.25. The number of benzene rings is 2. The number of rotatable bonds is 4. The molecule has 0 aliphatic carbocycles. The van der Waals surface area contributed by atoms with Crippen molar-refractivity contribution in [2.24, 2.45) is 0 Å². The maximum Gasteiger partial charge on any atom is 0.276 e. The largest absolute Gasteiger partial charge is 0.343 e. The minimum Gasteiger partial charge on any atom is -0.343 e. The number of hydrogen-bond acceptors (Lipinski definition) is 4. The fourth-order valence-corrected chi connectivity index (χ4v) is 2.91. The molecule has 0 saturated carbocycles. The van der Waals surface area contributed by atoms with Crippen molar-refractivity contribution in [1.29, 1.82) is 0 Å². The Morgan fingerprint density at radius 3 is 2.71 bits per heavy atom. The van der Waals surface area contributed by atoms with Crippen LogP contribution in [0.3, 0.4) is 0 Å². The molecule has 0 bridgehead atoms. The van der Waals surface area contributed by atoms with E-state index in [0.717, 1.165) is 11.0 Å². The first-order chi connectivity index (χ1) is 13.5. The molecular weight excluding hydrogens is 361 g/mol. The summed E-state index contributed by atoms with van der Waals surface area (Å²) in [6, 6.07) is 14.8. The number of fused-ring (bicyclic) bond motifs is 1. The molecule has 2 heterocycles. The summed E-state index contributed by atoms with van der Waals surface area (Å²) in [6.07, 6.45) is 0. The van der Waals surface area contributed by atoms with Gasteiger partial charge in [0.2, 0.25) is 5.43 Å². The summed E-state index contributed by atoms with van der Waals surface area (Å²) < 4.78 is 15.4. The number of nitrogens with one attached hydrogen (secondary N) is 2. The smallest absolute Gasteiger partial charge is 0.276 e. The number of halogens is 1. The number of aryl methyl sites for hydroxylation is 1. The summed E-state index contributed by atoms with van der Waals surface area (Å²) in [5.74, 6) is -0.609. The molecule has 0 saturated heterocycles. The Balaban J connectivity index is 1.61. The van der Waals surface area contributed by atoms with E-state index in [2.05, 4.69) is 20.4 Å². The number of nitrogens with zero attached hydrogens (tertiary/aromatic N) is 3. The molecule has 0 radical (unpaired) electrons. The summed E-state index contributed by atoms with van der Waals surface area (Å²) in [7, 11) is 0. The fraction of sp³-hybridized carbons (Fsp3) is 0.100. The van der Waals surface area contributed by atoms with Crippen LogP contribution in [0.5, 0.6) is 0 Å². The maximum absolute atomic E-state index is 14.1. The van der Waals surface area contributed by atoms with E-state index in [1.807, 2.05) is 24.3 Å². The number of aromatic nitrogens is 4. The lowest BCUT2D eigenvalue weighted by molar-refractivity contribution is 0.0942. The molecule has 28 heavy (non-hydrogen) atoms.